The van der Waals surface area contributed by atoms with Crippen LogP contribution in [0, 0.1) is 12.8 Å². The number of pyridine rings is 1. The molecule has 0 amide bonds. The van der Waals surface area contributed by atoms with Crippen LogP contribution in [-0.2, 0) is 0 Å². The summed E-state index contributed by atoms with van der Waals surface area (Å²) in [7, 11) is 0. The van der Waals surface area contributed by atoms with Crippen molar-refractivity contribution >= 4 is 10.9 Å². The van der Waals surface area contributed by atoms with E-state index in [9.17, 15) is 0 Å². The van der Waals surface area contributed by atoms with Crippen LogP contribution >= 0.6 is 0 Å². The Morgan fingerprint density at radius 2 is 1.95 bits per heavy atom. The lowest BCUT2D eigenvalue weighted by Gasteiger charge is -2.23. The molecular formula is C19H26N2. The first-order chi connectivity index (χ1) is 10.2. The van der Waals surface area contributed by atoms with Gasteiger partial charge in [0.05, 0.1) is 5.52 Å². The summed E-state index contributed by atoms with van der Waals surface area (Å²) in [6.07, 6.45) is 9.48. The molecule has 21 heavy (non-hydrogen) atoms. The molecule has 1 atom stereocenters. The Hall–Kier alpha value is -1.41. The largest absolute Gasteiger partial charge is 0.324 e. The van der Waals surface area contributed by atoms with Crippen molar-refractivity contribution in [1.82, 2.24) is 4.98 Å². The number of rotatable bonds is 4. The van der Waals surface area contributed by atoms with Gasteiger partial charge in [-0.25, -0.2) is 0 Å². The number of aromatic nitrogens is 1. The van der Waals surface area contributed by atoms with E-state index in [1.807, 2.05) is 6.92 Å². The molecule has 1 saturated carbocycles. The van der Waals surface area contributed by atoms with E-state index in [1.165, 1.54) is 49.5 Å². The quantitative estimate of drug-likeness (QED) is 0.866. The van der Waals surface area contributed by atoms with E-state index < -0.39 is 0 Å². The minimum absolute atomic E-state index is 0.164. The third kappa shape index (κ3) is 3.62. The van der Waals surface area contributed by atoms with Crippen LogP contribution in [0.2, 0.25) is 0 Å². The second kappa shape index (κ2) is 6.57. The van der Waals surface area contributed by atoms with Crippen molar-refractivity contribution < 1.29 is 0 Å². The van der Waals surface area contributed by atoms with Gasteiger partial charge in [0, 0.05) is 17.1 Å². The Morgan fingerprint density at radius 3 is 2.76 bits per heavy atom. The highest BCUT2D eigenvalue weighted by atomic mass is 14.7. The molecular weight excluding hydrogens is 256 g/mol. The fourth-order valence-electron chi connectivity index (χ4n) is 3.53. The Labute approximate surface area is 127 Å². The average molecular weight is 282 g/mol. The van der Waals surface area contributed by atoms with Gasteiger partial charge in [0.15, 0.2) is 0 Å². The Balaban J connectivity index is 1.66. The first kappa shape index (κ1) is 14.5. The molecule has 2 heteroatoms. The molecule has 1 heterocycles. The molecule has 2 N–H and O–H groups in total. The number of fused-ring (bicyclic) bond motifs is 1. The van der Waals surface area contributed by atoms with Gasteiger partial charge in [-0.1, -0.05) is 44.2 Å². The predicted octanol–water partition coefficient (Wildman–Crippen LogP) is 4.90. The van der Waals surface area contributed by atoms with Crippen LogP contribution in [0.15, 0.2) is 30.3 Å². The second-order valence-corrected chi connectivity index (χ2v) is 6.59. The van der Waals surface area contributed by atoms with Gasteiger partial charge in [-0.3, -0.25) is 4.98 Å². The molecule has 1 aliphatic carbocycles. The molecule has 0 aliphatic heterocycles. The summed E-state index contributed by atoms with van der Waals surface area (Å²) in [5.41, 5.74) is 9.80. The minimum atomic E-state index is 0.164. The van der Waals surface area contributed by atoms with Crippen molar-refractivity contribution in [3.8, 4) is 0 Å². The molecule has 3 rings (SSSR count). The lowest BCUT2D eigenvalue weighted by molar-refractivity contribution is 0.324. The fourth-order valence-corrected chi connectivity index (χ4v) is 3.53. The van der Waals surface area contributed by atoms with Crippen molar-refractivity contribution in [2.24, 2.45) is 11.7 Å². The molecule has 1 aromatic carbocycles. The third-order valence-corrected chi connectivity index (χ3v) is 4.89. The molecule has 1 aliphatic rings. The molecule has 1 aromatic heterocycles. The standard InChI is InChI=1S/C19H26N2/c1-14-7-9-17-13-16(10-12-19(17)21-14)18(20)11-8-15-5-3-2-4-6-15/h7,9-10,12-13,15,18H,2-6,8,11,20H2,1H3. The van der Waals surface area contributed by atoms with E-state index in [1.54, 1.807) is 0 Å². The monoisotopic (exact) mass is 282 g/mol. The number of nitrogens with zero attached hydrogens (tertiary/aromatic N) is 1. The zero-order valence-electron chi connectivity index (χ0n) is 13.0. The van der Waals surface area contributed by atoms with E-state index >= 15 is 0 Å². The third-order valence-electron chi connectivity index (χ3n) is 4.89. The summed E-state index contributed by atoms with van der Waals surface area (Å²) < 4.78 is 0. The van der Waals surface area contributed by atoms with Crippen LogP contribution in [0.5, 0.6) is 0 Å². The maximum atomic E-state index is 6.41. The molecule has 2 nitrogen and oxygen atoms in total. The number of hydrogen-bond acceptors (Lipinski definition) is 2. The highest BCUT2D eigenvalue weighted by molar-refractivity contribution is 5.79. The molecule has 1 unspecified atom stereocenters. The number of benzene rings is 1. The van der Waals surface area contributed by atoms with Gasteiger partial charge in [0.25, 0.3) is 0 Å². The van der Waals surface area contributed by atoms with Crippen LogP contribution < -0.4 is 5.73 Å². The molecule has 0 radical (unpaired) electrons. The Kier molecular flexibility index (Phi) is 4.54. The maximum Gasteiger partial charge on any atom is 0.0705 e. The minimum Gasteiger partial charge on any atom is -0.324 e. The average Bonchev–Trinajstić information content (AvgIpc) is 2.53. The van der Waals surface area contributed by atoms with Gasteiger partial charge in [-0.05, 0) is 49.4 Å². The number of aryl methyl sites for hydroxylation is 1. The number of hydrogen-bond donors (Lipinski definition) is 1. The molecule has 0 spiro atoms. The maximum absolute atomic E-state index is 6.41. The summed E-state index contributed by atoms with van der Waals surface area (Å²) in [5.74, 6) is 0.912. The molecule has 2 aromatic rings. The van der Waals surface area contributed by atoms with Gasteiger partial charge < -0.3 is 5.73 Å². The van der Waals surface area contributed by atoms with Crippen LogP contribution in [0.3, 0.4) is 0 Å². The molecule has 0 saturated heterocycles. The van der Waals surface area contributed by atoms with Crippen LogP contribution in [-0.4, -0.2) is 4.98 Å². The summed E-state index contributed by atoms with van der Waals surface area (Å²) >= 11 is 0. The topological polar surface area (TPSA) is 38.9 Å². The first-order valence-corrected chi connectivity index (χ1v) is 8.35. The van der Waals surface area contributed by atoms with Crippen molar-refractivity contribution in [1.29, 1.82) is 0 Å². The SMILES string of the molecule is Cc1ccc2cc(C(N)CCC3CCCCC3)ccc2n1. The zero-order chi connectivity index (χ0) is 14.7. The van der Waals surface area contributed by atoms with Gasteiger partial charge in [-0.2, -0.15) is 0 Å². The van der Waals surface area contributed by atoms with Crippen molar-refractivity contribution in [3.05, 3.63) is 41.6 Å². The van der Waals surface area contributed by atoms with Gasteiger partial charge in [0.2, 0.25) is 0 Å². The van der Waals surface area contributed by atoms with Crippen molar-refractivity contribution in [3.63, 3.8) is 0 Å². The lowest BCUT2D eigenvalue weighted by atomic mass is 9.84. The Bertz CT molecular complexity index is 600. The van der Waals surface area contributed by atoms with E-state index in [0.717, 1.165) is 23.5 Å². The van der Waals surface area contributed by atoms with Gasteiger partial charge in [-0.15, -0.1) is 0 Å². The first-order valence-electron chi connectivity index (χ1n) is 8.35. The Morgan fingerprint density at radius 1 is 1.14 bits per heavy atom. The van der Waals surface area contributed by atoms with Gasteiger partial charge in [0.1, 0.15) is 0 Å². The predicted molar refractivity (Wildman–Crippen MR) is 89.2 cm³/mol. The second-order valence-electron chi connectivity index (χ2n) is 6.59. The number of nitrogens with two attached hydrogens (primary N) is 1. The van der Waals surface area contributed by atoms with Crippen LogP contribution in [0.25, 0.3) is 10.9 Å². The van der Waals surface area contributed by atoms with Crippen LogP contribution in [0.4, 0.5) is 0 Å². The fraction of sp³-hybridized carbons (Fsp3) is 0.526. The molecule has 112 valence electrons. The highest BCUT2D eigenvalue weighted by Gasteiger charge is 2.15. The van der Waals surface area contributed by atoms with Crippen molar-refractivity contribution in [2.75, 3.05) is 0 Å². The van der Waals surface area contributed by atoms with E-state index in [4.69, 9.17) is 5.73 Å². The van der Waals surface area contributed by atoms with E-state index in [0.29, 0.717) is 0 Å². The van der Waals surface area contributed by atoms with E-state index in [-0.39, 0.29) is 6.04 Å². The summed E-state index contributed by atoms with van der Waals surface area (Å²) in [6, 6.07) is 10.9. The smallest absolute Gasteiger partial charge is 0.0705 e. The van der Waals surface area contributed by atoms with Gasteiger partial charge >= 0.3 is 0 Å². The molecule has 1 fully saturated rings. The lowest BCUT2D eigenvalue weighted by Crippen LogP contribution is -2.14. The highest BCUT2D eigenvalue weighted by Crippen LogP contribution is 2.30. The summed E-state index contributed by atoms with van der Waals surface area (Å²) in [6.45, 7) is 2.03. The van der Waals surface area contributed by atoms with Crippen molar-refractivity contribution in [2.45, 2.75) is 57.9 Å². The summed E-state index contributed by atoms with van der Waals surface area (Å²) in [5, 5.41) is 1.20. The molecule has 0 bridgehead atoms. The van der Waals surface area contributed by atoms with E-state index in [2.05, 4.69) is 35.3 Å². The van der Waals surface area contributed by atoms with Crippen LogP contribution in [0.1, 0.15) is 62.2 Å². The normalized spacial score (nSPS) is 18.0. The zero-order valence-corrected chi connectivity index (χ0v) is 13.0. The summed E-state index contributed by atoms with van der Waals surface area (Å²) in [4.78, 5) is 4.55.